The molecule has 0 radical (unpaired) electrons. The minimum Gasteiger partial charge on any atom is -0.495 e. The first-order valence-electron chi connectivity index (χ1n) is 12.6. The number of methoxy groups -OCH3 is 1. The number of hydrogen-bond donors (Lipinski definition) is 5. The number of nitrogens with zero attached hydrogens (tertiary/aromatic N) is 3. The van der Waals surface area contributed by atoms with Gasteiger partial charge >= 0.3 is 0 Å². The molecule has 0 amide bonds. The van der Waals surface area contributed by atoms with Crippen LogP contribution in [0.2, 0.25) is 0 Å². The van der Waals surface area contributed by atoms with Crippen molar-refractivity contribution in [2.24, 2.45) is 5.14 Å². The minimum atomic E-state index is -2.62. The lowest BCUT2D eigenvalue weighted by Crippen LogP contribution is -2.26. The molecule has 5 rings (SSSR count). The molecular formula is C27H35N7O3S. The van der Waals surface area contributed by atoms with E-state index in [1.807, 2.05) is 12.3 Å². The number of rotatable bonds is 7. The Kier molecular flexibility index (Phi) is 8.82. The summed E-state index contributed by atoms with van der Waals surface area (Å²) in [6, 6.07) is 12.8. The molecule has 2 aromatic carbocycles. The van der Waals surface area contributed by atoms with E-state index in [0.717, 1.165) is 66.3 Å². The summed E-state index contributed by atoms with van der Waals surface area (Å²) in [5.41, 5.74) is 7.98. The van der Waals surface area contributed by atoms with Gasteiger partial charge in [0.15, 0.2) is 10.9 Å². The molecule has 0 fully saturated rings. The third kappa shape index (κ3) is 6.24. The van der Waals surface area contributed by atoms with Gasteiger partial charge < -0.3 is 25.3 Å². The maximum Gasteiger partial charge on any atom is 0.231 e. The first kappa shape index (κ1) is 27.4. The summed E-state index contributed by atoms with van der Waals surface area (Å²) < 4.78 is 23.3. The standard InChI is InChI=1S/C27H32N6O.H3NO2S/c1-5-17-8-7-9-18(6-2)24(17)30-26-21-10-12-28-25(21)31-27(32-26)29-22-14-20-16-33(3)13-11-19(20)15-23(22)34-4;1-4(2)3/h7-10,12,14-15H,5-6,11,13,16H2,1-4H3,(H3,28,29,30,31,32);4H,(H2,1,2,3). The number of thiol groups is 1. The van der Waals surface area contributed by atoms with Gasteiger partial charge in [0.2, 0.25) is 5.95 Å². The molecule has 4 aromatic rings. The second-order valence-electron chi connectivity index (χ2n) is 9.14. The summed E-state index contributed by atoms with van der Waals surface area (Å²) in [6.45, 7) is 6.34. The Hall–Kier alpha value is -3.67. The molecule has 1 aliphatic rings. The van der Waals surface area contributed by atoms with E-state index < -0.39 is 10.9 Å². The largest absolute Gasteiger partial charge is 0.495 e. The van der Waals surface area contributed by atoms with Crippen LogP contribution in [0, 0.1) is 0 Å². The molecule has 0 unspecified atom stereocenters. The fourth-order valence-electron chi connectivity index (χ4n) is 4.73. The van der Waals surface area contributed by atoms with Crippen LogP contribution < -0.4 is 20.5 Å². The van der Waals surface area contributed by atoms with E-state index in [0.29, 0.717) is 5.95 Å². The highest BCUT2D eigenvalue weighted by Gasteiger charge is 2.18. The van der Waals surface area contributed by atoms with Crippen LogP contribution in [0.3, 0.4) is 0 Å². The molecular weight excluding hydrogens is 502 g/mol. The fraction of sp³-hybridized carbons (Fsp3) is 0.333. The van der Waals surface area contributed by atoms with E-state index in [1.54, 1.807) is 7.11 Å². The zero-order valence-electron chi connectivity index (χ0n) is 22.2. The van der Waals surface area contributed by atoms with Crippen LogP contribution in [0.15, 0.2) is 42.6 Å². The number of H-pyrrole nitrogens is 1. The number of fused-ring (bicyclic) bond motifs is 2. The van der Waals surface area contributed by atoms with Gasteiger partial charge in [0.1, 0.15) is 17.2 Å². The highest BCUT2D eigenvalue weighted by Crippen LogP contribution is 2.34. The number of benzene rings is 2. The molecule has 0 aliphatic carbocycles. The average Bonchev–Trinajstić information content (AvgIpc) is 3.37. The van der Waals surface area contributed by atoms with Crippen LogP contribution in [-0.4, -0.2) is 49.0 Å². The normalized spacial score (nSPS) is 13.1. The van der Waals surface area contributed by atoms with Gasteiger partial charge in [-0.05, 0) is 66.8 Å². The molecule has 0 saturated heterocycles. The first-order chi connectivity index (χ1) is 18.3. The monoisotopic (exact) mass is 537 g/mol. The van der Waals surface area contributed by atoms with E-state index >= 15 is 0 Å². The number of ether oxygens (including phenoxy) is 1. The van der Waals surface area contributed by atoms with E-state index in [9.17, 15) is 0 Å². The highest BCUT2D eigenvalue weighted by atomic mass is 32.2. The van der Waals surface area contributed by atoms with Gasteiger partial charge in [-0.25, -0.2) is 13.6 Å². The molecule has 3 heterocycles. The lowest BCUT2D eigenvalue weighted by Gasteiger charge is -2.26. The van der Waals surface area contributed by atoms with Crippen molar-refractivity contribution in [2.75, 3.05) is 31.3 Å². The van der Waals surface area contributed by atoms with Crippen molar-refractivity contribution in [2.45, 2.75) is 39.7 Å². The molecule has 1 aliphatic heterocycles. The maximum atomic E-state index is 8.81. The van der Waals surface area contributed by atoms with Crippen LogP contribution in [0.1, 0.15) is 36.1 Å². The van der Waals surface area contributed by atoms with E-state index in [-0.39, 0.29) is 0 Å². The minimum absolute atomic E-state index is 0.520. The van der Waals surface area contributed by atoms with Gasteiger partial charge in [-0.2, -0.15) is 9.97 Å². The molecule has 5 N–H and O–H groups in total. The van der Waals surface area contributed by atoms with Crippen LogP contribution in [0.5, 0.6) is 5.75 Å². The van der Waals surface area contributed by atoms with Crippen LogP contribution in [-0.2, 0) is 36.7 Å². The smallest absolute Gasteiger partial charge is 0.231 e. The quantitative estimate of drug-likeness (QED) is 0.223. The zero-order valence-corrected chi connectivity index (χ0v) is 23.1. The van der Waals surface area contributed by atoms with Crippen molar-refractivity contribution in [3.63, 3.8) is 0 Å². The average molecular weight is 538 g/mol. The SMILES string of the molecule is CCc1cccc(CC)c1Nc1nc(Nc2cc3c(cc2OC)CCN(C)C3)nc2[nH]ccc12.N[SH](=O)=O. The molecule has 0 bridgehead atoms. The number of aryl methyl sites for hydroxylation is 2. The lowest BCUT2D eigenvalue weighted by atomic mass is 9.99. The van der Waals surface area contributed by atoms with E-state index in [2.05, 4.69) is 76.9 Å². The number of nitrogens with two attached hydrogens (primary N) is 1. The van der Waals surface area contributed by atoms with E-state index in [1.165, 1.54) is 22.3 Å². The molecule has 0 atom stereocenters. The molecule has 10 nitrogen and oxygen atoms in total. The summed E-state index contributed by atoms with van der Waals surface area (Å²) in [5.74, 6) is 2.10. The molecule has 0 saturated carbocycles. The predicted octanol–water partition coefficient (Wildman–Crippen LogP) is 4.04. The summed E-state index contributed by atoms with van der Waals surface area (Å²) in [5, 5.41) is 12.1. The molecule has 202 valence electrons. The van der Waals surface area contributed by atoms with Gasteiger partial charge in [0, 0.05) is 25.0 Å². The summed E-state index contributed by atoms with van der Waals surface area (Å²) in [6.07, 6.45) is 4.82. The van der Waals surface area contributed by atoms with Crippen molar-refractivity contribution in [3.05, 3.63) is 64.8 Å². The van der Waals surface area contributed by atoms with Gasteiger partial charge in [0.05, 0.1) is 18.2 Å². The Bertz CT molecular complexity index is 1470. The van der Waals surface area contributed by atoms with Crippen molar-refractivity contribution in [3.8, 4) is 5.75 Å². The van der Waals surface area contributed by atoms with Crippen molar-refractivity contribution in [1.82, 2.24) is 19.9 Å². The maximum absolute atomic E-state index is 8.81. The Labute approximate surface area is 224 Å². The lowest BCUT2D eigenvalue weighted by molar-refractivity contribution is 0.312. The van der Waals surface area contributed by atoms with Crippen LogP contribution in [0.4, 0.5) is 23.1 Å². The van der Waals surface area contributed by atoms with Crippen LogP contribution >= 0.6 is 0 Å². The summed E-state index contributed by atoms with van der Waals surface area (Å²) in [4.78, 5) is 15.2. The van der Waals surface area contributed by atoms with Gasteiger partial charge in [-0.1, -0.05) is 32.0 Å². The topological polar surface area (TPSA) is 138 Å². The number of anilines is 4. The Morgan fingerprint density at radius 1 is 1.08 bits per heavy atom. The number of aromatic amines is 1. The van der Waals surface area contributed by atoms with Crippen molar-refractivity contribution < 1.29 is 13.2 Å². The number of para-hydroxylation sites is 1. The third-order valence-electron chi connectivity index (χ3n) is 6.63. The van der Waals surface area contributed by atoms with Gasteiger partial charge in [0.25, 0.3) is 0 Å². The van der Waals surface area contributed by atoms with E-state index in [4.69, 9.17) is 23.1 Å². The van der Waals surface area contributed by atoms with Crippen molar-refractivity contribution in [1.29, 1.82) is 0 Å². The Morgan fingerprint density at radius 2 is 1.79 bits per heavy atom. The van der Waals surface area contributed by atoms with Crippen LogP contribution in [0.25, 0.3) is 11.0 Å². The molecule has 11 heteroatoms. The Balaban J connectivity index is 0.000000786. The second-order valence-corrected chi connectivity index (χ2v) is 9.71. The van der Waals surface area contributed by atoms with Crippen molar-refractivity contribution >= 4 is 45.1 Å². The molecule has 2 aromatic heterocycles. The first-order valence-corrected chi connectivity index (χ1v) is 13.8. The summed E-state index contributed by atoms with van der Waals surface area (Å²) >= 11 is 0. The Morgan fingerprint density at radius 3 is 2.45 bits per heavy atom. The highest BCUT2D eigenvalue weighted by molar-refractivity contribution is 7.69. The third-order valence-corrected chi connectivity index (χ3v) is 6.63. The number of aromatic nitrogens is 3. The fourth-order valence-corrected chi connectivity index (χ4v) is 4.73. The van der Waals surface area contributed by atoms with Gasteiger partial charge in [-0.15, -0.1) is 0 Å². The summed E-state index contributed by atoms with van der Waals surface area (Å²) in [7, 11) is 1.24. The number of nitrogens with one attached hydrogen (secondary N) is 3. The number of likely N-dealkylation sites (N-methyl/N-ethyl adjacent to an activating group) is 1. The van der Waals surface area contributed by atoms with Gasteiger partial charge in [-0.3, -0.25) is 0 Å². The zero-order chi connectivity index (χ0) is 27.2. The molecule has 0 spiro atoms. The second kappa shape index (κ2) is 12.2. The molecule has 38 heavy (non-hydrogen) atoms. The number of hydrogen-bond acceptors (Lipinski definition) is 8. The predicted molar refractivity (Wildman–Crippen MR) is 153 cm³/mol.